The number of aromatic amines is 1. The number of methoxy groups -OCH3 is 1. The number of aliphatic imine (C=N–C) groups is 1. The molecule has 0 unspecified atom stereocenters. The lowest BCUT2D eigenvalue weighted by molar-refractivity contribution is -0.130. The molecule has 2 aromatic heterocycles. The molecule has 12 heteroatoms. The summed E-state index contributed by atoms with van der Waals surface area (Å²) in [4.78, 5) is 35.2. The number of hydrazine groups is 1. The summed E-state index contributed by atoms with van der Waals surface area (Å²) in [6, 6.07) is 3.31. The van der Waals surface area contributed by atoms with Crippen molar-refractivity contribution in [3.05, 3.63) is 40.4 Å². The fraction of sp³-hybridized carbons (Fsp3) is 0.350. The highest BCUT2D eigenvalue weighted by atomic mass is 35.5. The topological polar surface area (TPSA) is 116 Å². The van der Waals surface area contributed by atoms with Crippen LogP contribution in [0.15, 0.2) is 34.7 Å². The average molecular weight is 478 g/mol. The fourth-order valence-electron chi connectivity index (χ4n) is 3.54. The number of likely N-dealkylation sites (tertiary alicyclic amines) is 1. The van der Waals surface area contributed by atoms with Gasteiger partial charge in [0.15, 0.2) is 0 Å². The second-order valence-electron chi connectivity index (χ2n) is 7.31. The monoisotopic (exact) mass is 477 g/mol. The molecular weight excluding hydrogens is 457 g/mol. The smallest absolute Gasteiger partial charge is 0.271 e. The predicted octanol–water partition coefficient (Wildman–Crippen LogP) is 2.44. The SMILES string of the molecule is COc1cc(-c2cc(C(=O)N3CCC(C(=O)NN4CC=NC=C4Cl)CC3)[nH]n2)c(Cl)cn1. The summed E-state index contributed by atoms with van der Waals surface area (Å²) in [5.41, 5.74) is 4.28. The van der Waals surface area contributed by atoms with Crippen LogP contribution in [0.5, 0.6) is 5.88 Å². The van der Waals surface area contributed by atoms with Gasteiger partial charge >= 0.3 is 0 Å². The van der Waals surface area contributed by atoms with E-state index in [1.54, 1.807) is 28.3 Å². The zero-order chi connectivity index (χ0) is 22.7. The molecule has 0 bridgehead atoms. The highest BCUT2D eigenvalue weighted by molar-refractivity contribution is 6.33. The molecule has 4 rings (SSSR count). The zero-order valence-corrected chi connectivity index (χ0v) is 18.7. The van der Waals surface area contributed by atoms with Crippen LogP contribution in [0.2, 0.25) is 5.02 Å². The van der Waals surface area contributed by atoms with Crippen LogP contribution >= 0.6 is 23.2 Å². The number of amides is 2. The van der Waals surface area contributed by atoms with E-state index in [9.17, 15) is 9.59 Å². The van der Waals surface area contributed by atoms with E-state index in [2.05, 4.69) is 25.6 Å². The fourth-order valence-corrected chi connectivity index (χ4v) is 3.90. The third-order valence-corrected chi connectivity index (χ3v) is 5.93. The number of H-pyrrole nitrogens is 1. The average Bonchev–Trinajstić information content (AvgIpc) is 3.30. The van der Waals surface area contributed by atoms with Gasteiger partial charge in [0.1, 0.15) is 10.9 Å². The quantitative estimate of drug-likeness (QED) is 0.638. The Labute approximate surface area is 194 Å². The predicted molar refractivity (Wildman–Crippen MR) is 119 cm³/mol. The lowest BCUT2D eigenvalue weighted by atomic mass is 9.96. The molecule has 4 heterocycles. The summed E-state index contributed by atoms with van der Waals surface area (Å²) in [5.74, 6) is -0.112. The summed E-state index contributed by atoms with van der Waals surface area (Å²) in [7, 11) is 1.51. The zero-order valence-electron chi connectivity index (χ0n) is 17.2. The number of nitrogens with zero attached hydrogens (tertiary/aromatic N) is 5. The van der Waals surface area contributed by atoms with E-state index in [0.717, 1.165) is 0 Å². The van der Waals surface area contributed by atoms with Crippen LogP contribution in [-0.4, -0.2) is 69.9 Å². The minimum absolute atomic E-state index is 0.121. The summed E-state index contributed by atoms with van der Waals surface area (Å²) in [6.07, 6.45) is 5.70. The van der Waals surface area contributed by atoms with Crippen molar-refractivity contribution in [3.8, 4) is 17.1 Å². The van der Waals surface area contributed by atoms with Gasteiger partial charge in [0.2, 0.25) is 11.8 Å². The van der Waals surface area contributed by atoms with Gasteiger partial charge < -0.3 is 9.64 Å². The summed E-state index contributed by atoms with van der Waals surface area (Å²) >= 11 is 12.3. The number of pyridine rings is 1. The first kappa shape index (κ1) is 22.1. The maximum atomic E-state index is 12.9. The Balaban J connectivity index is 1.35. The minimum atomic E-state index is -0.206. The van der Waals surface area contributed by atoms with E-state index in [-0.39, 0.29) is 17.7 Å². The van der Waals surface area contributed by atoms with Crippen LogP contribution in [-0.2, 0) is 4.79 Å². The number of carbonyl (C=O) groups excluding carboxylic acids is 2. The number of ether oxygens (including phenoxy) is 1. The molecule has 0 saturated carbocycles. The standard InChI is InChI=1S/C20H21Cl2N7O3/c1-32-18-8-13(14(21)10-24-18)15-9-16(26-25-15)20(31)28-5-2-12(3-6-28)19(30)27-29-7-4-23-11-17(29)22/h4,8-12H,2-3,5-7H2,1H3,(H,25,26)(H,27,30). The number of halogens is 2. The molecule has 0 radical (unpaired) electrons. The van der Waals surface area contributed by atoms with Crippen molar-refractivity contribution in [1.29, 1.82) is 0 Å². The lowest BCUT2D eigenvalue weighted by Crippen LogP contribution is -2.48. The van der Waals surface area contributed by atoms with E-state index in [1.807, 2.05) is 0 Å². The van der Waals surface area contributed by atoms with Gasteiger partial charge in [-0.1, -0.05) is 23.2 Å². The largest absolute Gasteiger partial charge is 0.481 e. The Hall–Kier alpha value is -3.11. The van der Waals surface area contributed by atoms with Crippen LogP contribution in [0.1, 0.15) is 23.3 Å². The lowest BCUT2D eigenvalue weighted by Gasteiger charge is -2.32. The van der Waals surface area contributed by atoms with Gasteiger partial charge in [-0.05, 0) is 18.9 Å². The highest BCUT2D eigenvalue weighted by Gasteiger charge is 2.30. The van der Waals surface area contributed by atoms with Crippen LogP contribution in [0, 0.1) is 5.92 Å². The van der Waals surface area contributed by atoms with Gasteiger partial charge in [0.05, 0.1) is 36.8 Å². The number of hydrogen-bond acceptors (Lipinski definition) is 7. The maximum Gasteiger partial charge on any atom is 0.271 e. The van der Waals surface area contributed by atoms with Gasteiger partial charge in [-0.3, -0.25) is 30.1 Å². The number of nitrogens with one attached hydrogen (secondary N) is 2. The molecule has 1 saturated heterocycles. The van der Waals surface area contributed by atoms with E-state index in [1.165, 1.54) is 19.5 Å². The molecule has 32 heavy (non-hydrogen) atoms. The Morgan fingerprint density at radius 2 is 2.03 bits per heavy atom. The van der Waals surface area contributed by atoms with E-state index < -0.39 is 0 Å². The number of piperidine rings is 1. The second kappa shape index (κ2) is 9.58. The molecule has 2 aliphatic rings. The first-order chi connectivity index (χ1) is 15.5. The molecule has 2 amide bonds. The van der Waals surface area contributed by atoms with Crippen molar-refractivity contribution >= 4 is 41.2 Å². The van der Waals surface area contributed by atoms with Crippen molar-refractivity contribution in [1.82, 2.24) is 30.5 Å². The van der Waals surface area contributed by atoms with Crippen molar-refractivity contribution in [2.75, 3.05) is 26.7 Å². The third-order valence-electron chi connectivity index (χ3n) is 5.33. The van der Waals surface area contributed by atoms with Gasteiger partial charge in [-0.25, -0.2) is 4.98 Å². The van der Waals surface area contributed by atoms with Crippen LogP contribution in [0.3, 0.4) is 0 Å². The Bertz CT molecular complexity index is 1080. The summed E-state index contributed by atoms with van der Waals surface area (Å²) < 4.78 is 5.13. The first-order valence-corrected chi connectivity index (χ1v) is 10.7. The Kier molecular flexibility index (Phi) is 6.61. The van der Waals surface area contributed by atoms with Gasteiger partial charge in [-0.15, -0.1) is 0 Å². The molecule has 168 valence electrons. The number of carbonyl (C=O) groups is 2. The molecule has 2 N–H and O–H groups in total. The molecule has 2 aromatic rings. The van der Waals surface area contributed by atoms with Gasteiger partial charge in [0, 0.05) is 36.9 Å². The van der Waals surface area contributed by atoms with Crippen LogP contribution < -0.4 is 10.2 Å². The Morgan fingerprint density at radius 1 is 1.25 bits per heavy atom. The number of hydrogen-bond donors (Lipinski definition) is 2. The van der Waals surface area contributed by atoms with E-state index in [0.29, 0.717) is 65.5 Å². The van der Waals surface area contributed by atoms with Gasteiger partial charge in [-0.2, -0.15) is 5.10 Å². The van der Waals surface area contributed by atoms with E-state index in [4.69, 9.17) is 27.9 Å². The maximum absolute atomic E-state index is 12.9. The number of aromatic nitrogens is 3. The van der Waals surface area contributed by atoms with Crippen molar-refractivity contribution < 1.29 is 14.3 Å². The van der Waals surface area contributed by atoms with Crippen molar-refractivity contribution in [2.24, 2.45) is 10.9 Å². The molecule has 0 spiro atoms. The summed E-state index contributed by atoms with van der Waals surface area (Å²) in [5, 5.41) is 9.29. The third kappa shape index (κ3) is 4.71. The van der Waals surface area contributed by atoms with E-state index >= 15 is 0 Å². The van der Waals surface area contributed by atoms with Crippen molar-refractivity contribution in [3.63, 3.8) is 0 Å². The molecule has 10 nitrogen and oxygen atoms in total. The Morgan fingerprint density at radius 3 is 2.75 bits per heavy atom. The second-order valence-corrected chi connectivity index (χ2v) is 8.10. The normalized spacial score (nSPS) is 16.7. The summed E-state index contributed by atoms with van der Waals surface area (Å²) in [6.45, 7) is 1.33. The molecule has 0 aliphatic carbocycles. The van der Waals surface area contributed by atoms with Crippen LogP contribution in [0.4, 0.5) is 0 Å². The number of rotatable bonds is 5. The van der Waals surface area contributed by atoms with Crippen molar-refractivity contribution in [2.45, 2.75) is 12.8 Å². The highest BCUT2D eigenvalue weighted by Crippen LogP contribution is 2.29. The van der Waals surface area contributed by atoms with Crippen LogP contribution in [0.25, 0.3) is 11.3 Å². The first-order valence-electron chi connectivity index (χ1n) is 9.96. The minimum Gasteiger partial charge on any atom is -0.481 e. The molecule has 0 aromatic carbocycles. The van der Waals surface area contributed by atoms with Gasteiger partial charge in [0.25, 0.3) is 5.91 Å². The molecule has 0 atom stereocenters. The molecular formula is C20H21Cl2N7O3. The molecule has 2 aliphatic heterocycles. The molecule has 1 fully saturated rings.